The summed E-state index contributed by atoms with van der Waals surface area (Å²) in [5.41, 5.74) is 6.60. The van der Waals surface area contributed by atoms with Crippen molar-refractivity contribution in [3.63, 3.8) is 0 Å². The standard InChI is InChI=1S/C11H12F3N/c1-7-5-9(11(12,13)14)3-4-10(7)8(2)6-15/h3-5H,2,6,15H2,1H3. The number of halogens is 3. The van der Waals surface area contributed by atoms with Gasteiger partial charge in [-0.3, -0.25) is 0 Å². The van der Waals surface area contributed by atoms with Crippen LogP contribution in [0.5, 0.6) is 0 Å². The average molecular weight is 215 g/mol. The van der Waals surface area contributed by atoms with Crippen molar-refractivity contribution >= 4 is 5.57 Å². The van der Waals surface area contributed by atoms with E-state index in [9.17, 15) is 13.2 Å². The smallest absolute Gasteiger partial charge is 0.326 e. The SMILES string of the molecule is C=C(CN)c1ccc(C(F)(F)F)cc1C. The summed E-state index contributed by atoms with van der Waals surface area (Å²) < 4.78 is 37.0. The Hall–Kier alpha value is -1.29. The number of hydrogen-bond donors (Lipinski definition) is 1. The summed E-state index contributed by atoms with van der Waals surface area (Å²) >= 11 is 0. The summed E-state index contributed by atoms with van der Waals surface area (Å²) in [5, 5.41) is 0. The Kier molecular flexibility index (Phi) is 3.19. The lowest BCUT2D eigenvalue weighted by atomic mass is 9.99. The van der Waals surface area contributed by atoms with Crippen LogP contribution in [0.4, 0.5) is 13.2 Å². The molecule has 4 heteroatoms. The molecule has 0 unspecified atom stereocenters. The lowest BCUT2D eigenvalue weighted by Crippen LogP contribution is -2.07. The molecular formula is C11H12F3N. The van der Waals surface area contributed by atoms with Crippen LogP contribution >= 0.6 is 0 Å². The highest BCUT2D eigenvalue weighted by Gasteiger charge is 2.30. The van der Waals surface area contributed by atoms with E-state index in [1.54, 1.807) is 6.92 Å². The summed E-state index contributed by atoms with van der Waals surface area (Å²) in [6, 6.07) is 3.56. The average Bonchev–Trinajstić information content (AvgIpc) is 2.15. The first-order chi connectivity index (χ1) is 6.86. The molecule has 15 heavy (non-hydrogen) atoms. The molecule has 2 N–H and O–H groups in total. The summed E-state index contributed by atoms with van der Waals surface area (Å²) in [6.07, 6.45) is -4.30. The Balaban J connectivity index is 3.15. The van der Waals surface area contributed by atoms with E-state index in [4.69, 9.17) is 5.73 Å². The van der Waals surface area contributed by atoms with E-state index in [-0.39, 0.29) is 6.54 Å². The van der Waals surface area contributed by atoms with Crippen LogP contribution in [0.2, 0.25) is 0 Å². The second-order valence-electron chi connectivity index (χ2n) is 3.34. The zero-order valence-corrected chi connectivity index (χ0v) is 8.36. The Bertz CT molecular complexity index is 380. The van der Waals surface area contributed by atoms with Gasteiger partial charge in [0.15, 0.2) is 0 Å². The van der Waals surface area contributed by atoms with E-state index in [0.717, 1.165) is 12.1 Å². The molecular weight excluding hydrogens is 203 g/mol. The van der Waals surface area contributed by atoms with Gasteiger partial charge in [-0.25, -0.2) is 0 Å². The molecule has 1 aromatic rings. The highest BCUT2D eigenvalue weighted by molar-refractivity contribution is 5.67. The molecule has 0 heterocycles. The van der Waals surface area contributed by atoms with Gasteiger partial charge < -0.3 is 5.73 Å². The van der Waals surface area contributed by atoms with E-state index in [0.29, 0.717) is 16.7 Å². The van der Waals surface area contributed by atoms with E-state index >= 15 is 0 Å². The van der Waals surface area contributed by atoms with Crippen molar-refractivity contribution in [1.29, 1.82) is 0 Å². The summed E-state index contributed by atoms with van der Waals surface area (Å²) in [6.45, 7) is 5.55. The maximum absolute atomic E-state index is 12.3. The van der Waals surface area contributed by atoms with Crippen LogP contribution in [0.25, 0.3) is 5.57 Å². The molecule has 0 bridgehead atoms. The van der Waals surface area contributed by atoms with Gasteiger partial charge in [0.25, 0.3) is 0 Å². The molecule has 0 spiro atoms. The third-order valence-corrected chi connectivity index (χ3v) is 2.18. The first-order valence-corrected chi connectivity index (χ1v) is 4.42. The van der Waals surface area contributed by atoms with Crippen molar-refractivity contribution in [1.82, 2.24) is 0 Å². The molecule has 0 atom stereocenters. The van der Waals surface area contributed by atoms with Crippen molar-refractivity contribution < 1.29 is 13.2 Å². The van der Waals surface area contributed by atoms with Gasteiger partial charge in [-0.1, -0.05) is 12.6 Å². The molecule has 0 saturated heterocycles. The molecule has 1 nitrogen and oxygen atoms in total. The minimum atomic E-state index is -4.30. The fourth-order valence-electron chi connectivity index (χ4n) is 1.35. The zero-order valence-electron chi connectivity index (χ0n) is 8.36. The van der Waals surface area contributed by atoms with Gasteiger partial charge in [0.05, 0.1) is 5.56 Å². The van der Waals surface area contributed by atoms with Crippen LogP contribution < -0.4 is 5.73 Å². The minimum Gasteiger partial charge on any atom is -0.326 e. The van der Waals surface area contributed by atoms with Gasteiger partial charge in [-0.2, -0.15) is 13.2 Å². The molecule has 1 aromatic carbocycles. The van der Waals surface area contributed by atoms with E-state index in [1.165, 1.54) is 6.07 Å². The quantitative estimate of drug-likeness (QED) is 0.806. The third kappa shape index (κ3) is 2.59. The number of alkyl halides is 3. The first-order valence-electron chi connectivity index (χ1n) is 4.42. The highest BCUT2D eigenvalue weighted by atomic mass is 19.4. The van der Waals surface area contributed by atoms with Crippen LogP contribution in [0.3, 0.4) is 0 Å². The molecule has 82 valence electrons. The molecule has 0 aromatic heterocycles. The topological polar surface area (TPSA) is 26.0 Å². The molecule has 0 radical (unpaired) electrons. The van der Waals surface area contributed by atoms with Gasteiger partial charge >= 0.3 is 6.18 Å². The van der Waals surface area contributed by atoms with Gasteiger partial charge in [0, 0.05) is 6.54 Å². The Morgan fingerprint density at radius 3 is 2.40 bits per heavy atom. The second kappa shape index (κ2) is 4.06. The summed E-state index contributed by atoms with van der Waals surface area (Å²) in [7, 11) is 0. The Morgan fingerprint density at radius 2 is 2.00 bits per heavy atom. The van der Waals surface area contributed by atoms with Crippen molar-refractivity contribution in [2.75, 3.05) is 6.54 Å². The summed E-state index contributed by atoms with van der Waals surface area (Å²) in [5.74, 6) is 0. The Morgan fingerprint density at radius 1 is 1.40 bits per heavy atom. The highest BCUT2D eigenvalue weighted by Crippen LogP contribution is 2.31. The molecule has 0 aliphatic rings. The zero-order chi connectivity index (χ0) is 11.6. The maximum Gasteiger partial charge on any atom is 0.416 e. The number of hydrogen-bond acceptors (Lipinski definition) is 1. The minimum absolute atomic E-state index is 0.242. The van der Waals surface area contributed by atoms with Crippen LogP contribution in [-0.2, 0) is 6.18 Å². The first kappa shape index (κ1) is 11.8. The fraction of sp³-hybridized carbons (Fsp3) is 0.273. The molecule has 0 fully saturated rings. The molecule has 0 aliphatic heterocycles. The molecule has 0 saturated carbocycles. The maximum atomic E-state index is 12.3. The Labute approximate surface area is 86.4 Å². The normalized spacial score (nSPS) is 11.5. The van der Waals surface area contributed by atoms with Gasteiger partial charge in [-0.05, 0) is 35.8 Å². The monoisotopic (exact) mass is 215 g/mol. The van der Waals surface area contributed by atoms with Gasteiger partial charge in [0.1, 0.15) is 0 Å². The van der Waals surface area contributed by atoms with Crippen molar-refractivity contribution in [3.8, 4) is 0 Å². The van der Waals surface area contributed by atoms with Crippen molar-refractivity contribution in [2.24, 2.45) is 5.73 Å². The lowest BCUT2D eigenvalue weighted by Gasteiger charge is -2.11. The number of nitrogens with two attached hydrogens (primary N) is 1. The third-order valence-electron chi connectivity index (χ3n) is 2.18. The predicted molar refractivity (Wildman–Crippen MR) is 54.3 cm³/mol. The van der Waals surface area contributed by atoms with E-state index < -0.39 is 11.7 Å². The van der Waals surface area contributed by atoms with Crippen molar-refractivity contribution in [2.45, 2.75) is 13.1 Å². The number of rotatable bonds is 2. The number of aryl methyl sites for hydroxylation is 1. The van der Waals surface area contributed by atoms with Crippen LogP contribution in [-0.4, -0.2) is 6.54 Å². The fourth-order valence-corrected chi connectivity index (χ4v) is 1.35. The molecule has 0 aliphatic carbocycles. The van der Waals surface area contributed by atoms with E-state index in [1.807, 2.05) is 0 Å². The van der Waals surface area contributed by atoms with Crippen LogP contribution in [0.15, 0.2) is 24.8 Å². The predicted octanol–water partition coefficient (Wildman–Crippen LogP) is 2.99. The lowest BCUT2D eigenvalue weighted by molar-refractivity contribution is -0.137. The van der Waals surface area contributed by atoms with Gasteiger partial charge in [0.2, 0.25) is 0 Å². The second-order valence-corrected chi connectivity index (χ2v) is 3.34. The van der Waals surface area contributed by atoms with Gasteiger partial charge in [-0.15, -0.1) is 0 Å². The van der Waals surface area contributed by atoms with Crippen LogP contribution in [0, 0.1) is 6.92 Å². The number of benzene rings is 1. The van der Waals surface area contributed by atoms with Crippen LogP contribution in [0.1, 0.15) is 16.7 Å². The molecule has 1 rings (SSSR count). The van der Waals surface area contributed by atoms with Crippen molar-refractivity contribution in [3.05, 3.63) is 41.5 Å². The van der Waals surface area contributed by atoms with E-state index in [2.05, 4.69) is 6.58 Å². The largest absolute Gasteiger partial charge is 0.416 e. The molecule has 0 amide bonds. The summed E-state index contributed by atoms with van der Waals surface area (Å²) in [4.78, 5) is 0.